The molecule has 0 radical (unpaired) electrons. The van der Waals surface area contributed by atoms with Crippen LogP contribution in [-0.4, -0.2) is 29.1 Å². The van der Waals surface area contributed by atoms with Crippen LogP contribution in [0.2, 0.25) is 10.0 Å². The van der Waals surface area contributed by atoms with Crippen molar-refractivity contribution in [1.29, 1.82) is 0 Å². The van der Waals surface area contributed by atoms with Gasteiger partial charge in [-0.3, -0.25) is 4.79 Å². The Morgan fingerprint density at radius 2 is 2.05 bits per heavy atom. The maximum Gasteiger partial charge on any atom is 0.308 e. The highest BCUT2D eigenvalue weighted by Gasteiger charge is 2.28. The Labute approximate surface area is 125 Å². The highest BCUT2D eigenvalue weighted by atomic mass is 35.5. The third-order valence-corrected chi connectivity index (χ3v) is 4.39. The Kier molecular flexibility index (Phi) is 3.44. The number of rotatable bonds is 2. The van der Waals surface area contributed by atoms with Gasteiger partial charge < -0.3 is 10.0 Å². The highest BCUT2D eigenvalue weighted by molar-refractivity contribution is 6.45. The van der Waals surface area contributed by atoms with Gasteiger partial charge in [-0.1, -0.05) is 29.3 Å². The lowest BCUT2D eigenvalue weighted by Crippen LogP contribution is -2.23. The highest BCUT2D eigenvalue weighted by Crippen LogP contribution is 2.32. The van der Waals surface area contributed by atoms with Crippen LogP contribution in [0.5, 0.6) is 0 Å². The normalized spacial score (nSPS) is 18.7. The summed E-state index contributed by atoms with van der Waals surface area (Å²) in [6.45, 7) is 1.17. The maximum absolute atomic E-state index is 11.0. The van der Waals surface area contributed by atoms with Gasteiger partial charge in [-0.05, 0) is 24.6 Å². The van der Waals surface area contributed by atoms with E-state index in [1.54, 1.807) is 6.07 Å². The van der Waals surface area contributed by atoms with E-state index < -0.39 is 5.97 Å². The topological polar surface area (TPSA) is 53.4 Å². The number of aromatic nitrogens is 1. The Balaban J connectivity index is 1.97. The number of nitrogens with zero attached hydrogens (tertiary/aromatic N) is 2. The van der Waals surface area contributed by atoms with Gasteiger partial charge in [0.15, 0.2) is 0 Å². The fourth-order valence-electron chi connectivity index (χ4n) is 2.47. The van der Waals surface area contributed by atoms with Crippen molar-refractivity contribution < 1.29 is 9.90 Å². The molecule has 3 rings (SSSR count). The van der Waals surface area contributed by atoms with Gasteiger partial charge >= 0.3 is 5.97 Å². The Hall–Kier alpha value is -1.52. The number of hydrogen-bond donors (Lipinski definition) is 1. The quantitative estimate of drug-likeness (QED) is 0.923. The van der Waals surface area contributed by atoms with Crippen LogP contribution >= 0.6 is 23.2 Å². The molecule has 4 nitrogen and oxygen atoms in total. The van der Waals surface area contributed by atoms with Crippen LogP contribution in [0.4, 0.5) is 5.82 Å². The minimum atomic E-state index is -0.755. The molecule has 1 aliphatic rings. The van der Waals surface area contributed by atoms with Gasteiger partial charge in [0.05, 0.1) is 21.5 Å². The smallest absolute Gasteiger partial charge is 0.308 e. The van der Waals surface area contributed by atoms with E-state index in [2.05, 4.69) is 4.98 Å². The number of anilines is 1. The van der Waals surface area contributed by atoms with E-state index in [4.69, 9.17) is 28.3 Å². The summed E-state index contributed by atoms with van der Waals surface area (Å²) >= 11 is 12.2. The predicted octanol–water partition coefficient (Wildman–Crippen LogP) is 3.45. The molecular formula is C14H12Cl2N2O2. The number of carbonyl (C=O) groups is 1. The molecule has 0 saturated carbocycles. The minimum absolute atomic E-state index is 0.331. The fourth-order valence-corrected chi connectivity index (χ4v) is 2.83. The lowest BCUT2D eigenvalue weighted by atomic mass is 10.1. The summed E-state index contributed by atoms with van der Waals surface area (Å²) in [4.78, 5) is 17.5. The van der Waals surface area contributed by atoms with Crippen molar-refractivity contribution in [2.75, 3.05) is 18.0 Å². The van der Waals surface area contributed by atoms with Crippen molar-refractivity contribution in [2.45, 2.75) is 6.42 Å². The molecule has 0 amide bonds. The number of halogens is 2. The summed E-state index contributed by atoms with van der Waals surface area (Å²) in [6, 6.07) is 7.42. The monoisotopic (exact) mass is 310 g/mol. The molecule has 0 bridgehead atoms. The molecule has 104 valence electrons. The second-order valence-electron chi connectivity index (χ2n) is 4.87. The molecule has 2 heterocycles. The molecule has 1 aromatic heterocycles. The van der Waals surface area contributed by atoms with E-state index in [0.29, 0.717) is 35.1 Å². The summed E-state index contributed by atoms with van der Waals surface area (Å²) < 4.78 is 0. The van der Waals surface area contributed by atoms with Gasteiger partial charge in [0.2, 0.25) is 0 Å². The summed E-state index contributed by atoms with van der Waals surface area (Å²) in [5, 5.41) is 10.9. The summed E-state index contributed by atoms with van der Waals surface area (Å²) in [5.41, 5.74) is 0.649. The minimum Gasteiger partial charge on any atom is -0.481 e. The lowest BCUT2D eigenvalue weighted by Gasteiger charge is -2.17. The largest absolute Gasteiger partial charge is 0.481 e. The summed E-state index contributed by atoms with van der Waals surface area (Å²) in [7, 11) is 0. The number of fused-ring (bicyclic) bond motifs is 1. The average Bonchev–Trinajstić information content (AvgIpc) is 2.93. The molecule has 0 aliphatic carbocycles. The van der Waals surface area contributed by atoms with E-state index in [1.165, 1.54) is 0 Å². The molecule has 1 fully saturated rings. The molecule has 1 saturated heterocycles. The fraction of sp³-hybridized carbons (Fsp3) is 0.286. The number of pyridine rings is 1. The molecular weight excluding hydrogens is 299 g/mol. The molecule has 1 aromatic carbocycles. The number of carboxylic acids is 1. The lowest BCUT2D eigenvalue weighted by molar-refractivity contribution is -0.140. The third kappa shape index (κ3) is 2.30. The van der Waals surface area contributed by atoms with E-state index in [-0.39, 0.29) is 5.92 Å². The van der Waals surface area contributed by atoms with E-state index >= 15 is 0 Å². The Morgan fingerprint density at radius 1 is 1.30 bits per heavy atom. The van der Waals surface area contributed by atoms with Gasteiger partial charge in [-0.2, -0.15) is 0 Å². The van der Waals surface area contributed by atoms with Crippen LogP contribution in [0, 0.1) is 5.92 Å². The molecule has 1 atom stereocenters. The summed E-state index contributed by atoms with van der Waals surface area (Å²) in [5.74, 6) is -0.345. The third-order valence-electron chi connectivity index (χ3n) is 3.60. The first-order chi connectivity index (χ1) is 9.56. The van der Waals surface area contributed by atoms with E-state index in [1.807, 2.05) is 23.1 Å². The van der Waals surface area contributed by atoms with Crippen molar-refractivity contribution in [3.8, 4) is 0 Å². The molecule has 1 unspecified atom stereocenters. The number of hydrogen-bond acceptors (Lipinski definition) is 3. The zero-order valence-electron chi connectivity index (χ0n) is 10.5. The average molecular weight is 311 g/mol. The molecule has 2 aromatic rings. The van der Waals surface area contributed by atoms with Gasteiger partial charge in [-0.15, -0.1) is 0 Å². The predicted molar refractivity (Wildman–Crippen MR) is 79.7 cm³/mol. The van der Waals surface area contributed by atoms with Crippen molar-refractivity contribution in [3.63, 3.8) is 0 Å². The maximum atomic E-state index is 11.0. The first kappa shape index (κ1) is 13.5. The van der Waals surface area contributed by atoms with Crippen LogP contribution in [-0.2, 0) is 4.79 Å². The zero-order chi connectivity index (χ0) is 14.3. The number of carboxylic acid groups (broad SMARTS) is 1. The van der Waals surface area contributed by atoms with Crippen LogP contribution in [0.3, 0.4) is 0 Å². The molecule has 6 heteroatoms. The second kappa shape index (κ2) is 5.11. The van der Waals surface area contributed by atoms with Gasteiger partial charge in [0.25, 0.3) is 0 Å². The molecule has 0 spiro atoms. The van der Waals surface area contributed by atoms with Gasteiger partial charge in [0, 0.05) is 18.5 Å². The van der Waals surface area contributed by atoms with Crippen molar-refractivity contribution in [1.82, 2.24) is 4.98 Å². The molecule has 1 aliphatic heterocycles. The molecule has 20 heavy (non-hydrogen) atoms. The zero-order valence-corrected chi connectivity index (χ0v) is 12.0. The first-order valence-corrected chi connectivity index (χ1v) is 7.04. The Bertz CT molecular complexity index is 690. The van der Waals surface area contributed by atoms with E-state index in [9.17, 15) is 4.79 Å². The second-order valence-corrected chi connectivity index (χ2v) is 5.66. The summed E-state index contributed by atoms with van der Waals surface area (Å²) in [6.07, 6.45) is 0.637. The standard InChI is InChI=1S/C14H12Cl2N2O2/c15-10-3-1-8-2-4-11(17-13(8)12(10)16)18-6-5-9(7-18)14(19)20/h1-4,9H,5-7H2,(H,19,20). The number of benzene rings is 1. The van der Waals surface area contributed by atoms with Crippen molar-refractivity contribution in [3.05, 3.63) is 34.3 Å². The van der Waals surface area contributed by atoms with Crippen LogP contribution in [0.25, 0.3) is 10.9 Å². The first-order valence-electron chi connectivity index (χ1n) is 6.29. The van der Waals surface area contributed by atoms with Crippen molar-refractivity contribution >= 4 is 45.9 Å². The Morgan fingerprint density at radius 3 is 2.75 bits per heavy atom. The SMILES string of the molecule is O=C(O)C1CCN(c2ccc3ccc(Cl)c(Cl)c3n2)C1. The van der Waals surface area contributed by atoms with Crippen molar-refractivity contribution in [2.24, 2.45) is 5.92 Å². The number of aliphatic carboxylic acids is 1. The van der Waals surface area contributed by atoms with Crippen LogP contribution < -0.4 is 4.90 Å². The van der Waals surface area contributed by atoms with Crippen LogP contribution in [0.1, 0.15) is 6.42 Å². The van der Waals surface area contributed by atoms with Gasteiger partial charge in [0.1, 0.15) is 5.82 Å². The molecule has 1 N–H and O–H groups in total. The van der Waals surface area contributed by atoms with Crippen LogP contribution in [0.15, 0.2) is 24.3 Å². The van der Waals surface area contributed by atoms with E-state index in [0.717, 1.165) is 11.2 Å². The van der Waals surface area contributed by atoms with Gasteiger partial charge in [-0.25, -0.2) is 4.98 Å².